The lowest BCUT2D eigenvalue weighted by molar-refractivity contribution is 0.0527. The summed E-state index contributed by atoms with van der Waals surface area (Å²) in [4.78, 5) is 15.8. The Morgan fingerprint density at radius 1 is 1.37 bits per heavy atom. The van der Waals surface area contributed by atoms with Crippen molar-refractivity contribution < 1.29 is 13.9 Å². The van der Waals surface area contributed by atoms with Crippen LogP contribution in [0.5, 0.6) is 0 Å². The van der Waals surface area contributed by atoms with Crippen LogP contribution in [-0.2, 0) is 4.74 Å². The van der Waals surface area contributed by atoms with Gasteiger partial charge in [0.05, 0.1) is 12.2 Å². The second-order valence-electron chi connectivity index (χ2n) is 3.88. The molecule has 0 aliphatic heterocycles. The first-order valence-electron chi connectivity index (χ1n) is 5.80. The van der Waals surface area contributed by atoms with Crippen LogP contribution in [0, 0.1) is 5.82 Å². The molecule has 4 nitrogen and oxygen atoms in total. The number of halogens is 1. The molecule has 0 atom stereocenters. The summed E-state index contributed by atoms with van der Waals surface area (Å²) in [6, 6.07) is 7.24. The molecule has 0 fully saturated rings. The molecule has 19 heavy (non-hydrogen) atoms. The fraction of sp³-hybridized carbons (Fsp3) is 0.143. The third kappa shape index (κ3) is 2.88. The average Bonchev–Trinajstić information content (AvgIpc) is 2.40. The van der Waals surface area contributed by atoms with E-state index in [1.165, 1.54) is 24.4 Å². The number of rotatable bonds is 3. The Balaban J connectivity index is 2.50. The van der Waals surface area contributed by atoms with Crippen molar-refractivity contribution in [1.29, 1.82) is 0 Å². The number of carbonyl (C=O) groups is 1. The molecule has 2 N–H and O–H groups in total. The first-order chi connectivity index (χ1) is 9.11. The summed E-state index contributed by atoms with van der Waals surface area (Å²) in [6.07, 6.45) is 1.48. The Morgan fingerprint density at radius 2 is 2.05 bits per heavy atom. The van der Waals surface area contributed by atoms with Gasteiger partial charge >= 0.3 is 5.97 Å². The molecule has 1 aromatic heterocycles. The summed E-state index contributed by atoms with van der Waals surface area (Å²) >= 11 is 0. The third-order valence-electron chi connectivity index (χ3n) is 2.58. The highest BCUT2D eigenvalue weighted by atomic mass is 19.1. The number of nitrogens with two attached hydrogens (primary N) is 1. The highest BCUT2D eigenvalue weighted by molar-refractivity contribution is 5.97. The largest absolute Gasteiger partial charge is 0.462 e. The first-order valence-corrected chi connectivity index (χ1v) is 5.80. The van der Waals surface area contributed by atoms with E-state index in [9.17, 15) is 9.18 Å². The molecule has 0 unspecified atom stereocenters. The molecule has 1 heterocycles. The third-order valence-corrected chi connectivity index (χ3v) is 2.58. The molecule has 0 saturated heterocycles. The van der Waals surface area contributed by atoms with Crippen LogP contribution in [0.4, 0.5) is 10.2 Å². The highest BCUT2D eigenvalue weighted by Crippen LogP contribution is 2.25. The molecule has 0 aliphatic rings. The van der Waals surface area contributed by atoms with Crippen molar-refractivity contribution in [3.8, 4) is 11.1 Å². The Morgan fingerprint density at radius 3 is 2.68 bits per heavy atom. The van der Waals surface area contributed by atoms with Gasteiger partial charge in [0.2, 0.25) is 0 Å². The van der Waals surface area contributed by atoms with E-state index in [1.807, 2.05) is 0 Å². The highest BCUT2D eigenvalue weighted by Gasteiger charge is 2.15. The van der Waals surface area contributed by atoms with E-state index in [2.05, 4.69) is 4.98 Å². The number of pyridine rings is 1. The molecular weight excluding hydrogens is 247 g/mol. The maximum absolute atomic E-state index is 12.9. The summed E-state index contributed by atoms with van der Waals surface area (Å²) in [5, 5.41) is 0. The smallest absolute Gasteiger partial charge is 0.338 e. The second-order valence-corrected chi connectivity index (χ2v) is 3.88. The zero-order valence-electron chi connectivity index (χ0n) is 10.4. The minimum atomic E-state index is -0.476. The van der Waals surface area contributed by atoms with Gasteiger partial charge in [-0.3, -0.25) is 0 Å². The van der Waals surface area contributed by atoms with Gasteiger partial charge in [-0.2, -0.15) is 0 Å². The fourth-order valence-electron chi connectivity index (χ4n) is 1.71. The number of nitrogen functional groups attached to an aromatic ring is 1. The maximum Gasteiger partial charge on any atom is 0.338 e. The van der Waals surface area contributed by atoms with Gasteiger partial charge in [-0.15, -0.1) is 0 Å². The summed E-state index contributed by atoms with van der Waals surface area (Å²) in [7, 11) is 0. The molecule has 5 heteroatoms. The summed E-state index contributed by atoms with van der Waals surface area (Å²) < 4.78 is 17.9. The Bertz CT molecular complexity index is 597. The number of esters is 1. The van der Waals surface area contributed by atoms with E-state index in [0.717, 1.165) is 0 Å². The molecule has 0 spiro atoms. The molecule has 0 amide bonds. The molecule has 0 bridgehead atoms. The number of ether oxygens (including phenoxy) is 1. The lowest BCUT2D eigenvalue weighted by atomic mass is 10.0. The minimum absolute atomic E-state index is 0.230. The molecule has 1 aromatic carbocycles. The van der Waals surface area contributed by atoms with Gasteiger partial charge in [0.25, 0.3) is 0 Å². The van der Waals surface area contributed by atoms with E-state index in [0.29, 0.717) is 16.7 Å². The number of hydrogen-bond acceptors (Lipinski definition) is 4. The number of hydrogen-bond donors (Lipinski definition) is 1. The molecule has 0 radical (unpaired) electrons. The lowest BCUT2D eigenvalue weighted by Crippen LogP contribution is -2.08. The van der Waals surface area contributed by atoms with Crippen molar-refractivity contribution in [2.45, 2.75) is 6.92 Å². The molecule has 0 saturated carbocycles. The fourth-order valence-corrected chi connectivity index (χ4v) is 1.71. The SMILES string of the molecule is CCOC(=O)c1cc(N)ncc1-c1ccc(F)cc1. The normalized spacial score (nSPS) is 10.2. The van der Waals surface area contributed by atoms with Crippen LogP contribution in [0.2, 0.25) is 0 Å². The lowest BCUT2D eigenvalue weighted by Gasteiger charge is -2.09. The van der Waals surface area contributed by atoms with E-state index in [1.54, 1.807) is 19.1 Å². The van der Waals surface area contributed by atoms with Gasteiger partial charge in [-0.1, -0.05) is 12.1 Å². The van der Waals surface area contributed by atoms with Crippen LogP contribution >= 0.6 is 0 Å². The predicted octanol–water partition coefficient (Wildman–Crippen LogP) is 2.65. The quantitative estimate of drug-likeness (QED) is 0.861. The van der Waals surface area contributed by atoms with Gasteiger partial charge < -0.3 is 10.5 Å². The van der Waals surface area contributed by atoms with Crippen LogP contribution in [-0.4, -0.2) is 17.6 Å². The molecule has 2 rings (SSSR count). The molecule has 0 aliphatic carbocycles. The maximum atomic E-state index is 12.9. The van der Waals surface area contributed by atoms with E-state index in [4.69, 9.17) is 10.5 Å². The van der Waals surface area contributed by atoms with Gasteiger partial charge in [0.15, 0.2) is 0 Å². The Labute approximate surface area is 110 Å². The zero-order chi connectivity index (χ0) is 13.8. The van der Waals surface area contributed by atoms with Gasteiger partial charge in [-0.05, 0) is 30.7 Å². The van der Waals surface area contributed by atoms with E-state index >= 15 is 0 Å². The first kappa shape index (κ1) is 13.0. The Kier molecular flexibility index (Phi) is 3.75. The number of aromatic nitrogens is 1. The van der Waals surface area contributed by atoms with Crippen molar-refractivity contribution in [2.75, 3.05) is 12.3 Å². The number of nitrogens with zero attached hydrogens (tertiary/aromatic N) is 1. The van der Waals surface area contributed by atoms with Crippen LogP contribution in [0.1, 0.15) is 17.3 Å². The van der Waals surface area contributed by atoms with Crippen LogP contribution in [0.25, 0.3) is 11.1 Å². The van der Waals surface area contributed by atoms with Gasteiger partial charge in [-0.25, -0.2) is 14.2 Å². The van der Waals surface area contributed by atoms with Crippen molar-refractivity contribution >= 4 is 11.8 Å². The van der Waals surface area contributed by atoms with Crippen molar-refractivity contribution in [1.82, 2.24) is 4.98 Å². The summed E-state index contributed by atoms with van der Waals surface area (Å²) in [6.45, 7) is 1.99. The topological polar surface area (TPSA) is 65.2 Å². The zero-order valence-corrected chi connectivity index (χ0v) is 10.4. The average molecular weight is 260 g/mol. The number of benzene rings is 1. The molecule has 2 aromatic rings. The summed E-state index contributed by atoms with van der Waals surface area (Å²) in [5.74, 6) is -0.588. The number of carbonyl (C=O) groups excluding carboxylic acids is 1. The van der Waals surface area contributed by atoms with Crippen molar-refractivity contribution in [2.24, 2.45) is 0 Å². The molecular formula is C14H13FN2O2. The van der Waals surface area contributed by atoms with Crippen molar-refractivity contribution in [3.63, 3.8) is 0 Å². The second kappa shape index (κ2) is 5.48. The van der Waals surface area contributed by atoms with Crippen LogP contribution in [0.15, 0.2) is 36.5 Å². The standard InChI is InChI=1S/C14H13FN2O2/c1-2-19-14(18)11-7-13(16)17-8-12(11)9-3-5-10(15)6-4-9/h3-8H,2H2,1H3,(H2,16,17). The monoisotopic (exact) mass is 260 g/mol. The molecule has 98 valence electrons. The summed E-state index contributed by atoms with van der Waals surface area (Å²) in [5.41, 5.74) is 7.15. The van der Waals surface area contributed by atoms with Crippen LogP contribution in [0.3, 0.4) is 0 Å². The predicted molar refractivity (Wildman–Crippen MR) is 70.0 cm³/mol. The Hall–Kier alpha value is -2.43. The van der Waals surface area contributed by atoms with Crippen molar-refractivity contribution in [3.05, 3.63) is 47.9 Å². The number of anilines is 1. The van der Waals surface area contributed by atoms with Gasteiger partial charge in [0.1, 0.15) is 11.6 Å². The minimum Gasteiger partial charge on any atom is -0.462 e. The van der Waals surface area contributed by atoms with Crippen LogP contribution < -0.4 is 5.73 Å². The van der Waals surface area contributed by atoms with Gasteiger partial charge in [0, 0.05) is 11.8 Å². The van der Waals surface area contributed by atoms with E-state index in [-0.39, 0.29) is 18.2 Å². The van der Waals surface area contributed by atoms with E-state index < -0.39 is 5.97 Å².